The molecule has 1 aliphatic heterocycles. The highest BCUT2D eigenvalue weighted by Crippen LogP contribution is 2.41. The fourth-order valence-corrected chi connectivity index (χ4v) is 1.75. The maximum Gasteiger partial charge on any atom is 0.331 e. The molecule has 2 nitrogen and oxygen atoms in total. The normalized spacial score (nSPS) is 33.0. The van der Waals surface area contributed by atoms with E-state index in [1.54, 1.807) is 5.41 Å². The number of carboxylic acids is 1. The van der Waals surface area contributed by atoms with Gasteiger partial charge in [0.05, 0.1) is 0 Å². The van der Waals surface area contributed by atoms with Crippen LogP contribution in [0.15, 0.2) is 11.5 Å². The average molecular weight is 209 g/mol. The van der Waals surface area contributed by atoms with Gasteiger partial charge >= 0.3 is 5.97 Å². The van der Waals surface area contributed by atoms with Crippen LogP contribution in [0.1, 0.15) is 6.42 Å². The molecule has 1 aliphatic rings. The van der Waals surface area contributed by atoms with Gasteiger partial charge in [-0.25, -0.2) is 4.79 Å². The number of carbonyl (C=O) groups is 1. The molecular weight excluding hydrogens is 204 g/mol. The van der Waals surface area contributed by atoms with Crippen LogP contribution in [0.4, 0.5) is 0 Å². The summed E-state index contributed by atoms with van der Waals surface area (Å²) in [6, 6.07) is 0. The van der Waals surface area contributed by atoms with E-state index in [9.17, 15) is 4.79 Å². The van der Waals surface area contributed by atoms with Crippen LogP contribution in [0.2, 0.25) is 0 Å². The molecule has 4 heteroatoms. The van der Waals surface area contributed by atoms with Crippen molar-refractivity contribution in [2.45, 2.75) is 10.1 Å². The summed E-state index contributed by atoms with van der Waals surface area (Å²) >= 11 is 4.40. The molecule has 0 radical (unpaired) electrons. The minimum Gasteiger partial charge on any atom is -0.480 e. The number of rotatable bonds is 1. The third-order valence-corrected chi connectivity index (χ3v) is 3.32. The molecule has 1 rings (SSSR count). The van der Waals surface area contributed by atoms with E-state index in [4.69, 9.17) is 5.11 Å². The first kappa shape index (κ1) is 7.15. The molecule has 0 amide bonds. The summed E-state index contributed by atoms with van der Waals surface area (Å²) in [5.41, 5.74) is 0. The Bertz CT molecular complexity index is 158. The molecule has 0 aromatic carbocycles. The van der Waals surface area contributed by atoms with Gasteiger partial charge in [-0.1, -0.05) is 22.0 Å². The molecule has 1 atom stereocenters. The summed E-state index contributed by atoms with van der Waals surface area (Å²) in [4.78, 5) is 10.4. The van der Waals surface area contributed by atoms with E-state index < -0.39 is 9.63 Å². The second-order valence-electron chi connectivity index (χ2n) is 1.73. The number of hydrogen-bond acceptors (Lipinski definition) is 2. The molecule has 0 spiro atoms. The number of halogens is 1. The number of thioether (sulfide) groups is 1. The monoisotopic (exact) mass is 208 g/mol. The number of aliphatic carboxylic acids is 1. The van der Waals surface area contributed by atoms with Crippen LogP contribution in [0.25, 0.3) is 0 Å². The number of alkyl halides is 1. The van der Waals surface area contributed by atoms with Gasteiger partial charge in [-0.05, 0) is 5.41 Å². The van der Waals surface area contributed by atoms with Gasteiger partial charge in [0.15, 0.2) is 3.66 Å². The van der Waals surface area contributed by atoms with Crippen molar-refractivity contribution >= 4 is 33.7 Å². The van der Waals surface area contributed by atoms with Crippen molar-refractivity contribution in [2.24, 2.45) is 0 Å². The van der Waals surface area contributed by atoms with Gasteiger partial charge in [0, 0.05) is 6.42 Å². The van der Waals surface area contributed by atoms with E-state index >= 15 is 0 Å². The third kappa shape index (κ3) is 1.30. The van der Waals surface area contributed by atoms with Crippen molar-refractivity contribution in [1.29, 1.82) is 0 Å². The van der Waals surface area contributed by atoms with Crippen LogP contribution in [0.3, 0.4) is 0 Å². The van der Waals surface area contributed by atoms with Gasteiger partial charge in [0.25, 0.3) is 0 Å². The molecule has 0 fully saturated rings. The summed E-state index contributed by atoms with van der Waals surface area (Å²) in [6.07, 6.45) is 2.40. The zero-order valence-corrected chi connectivity index (χ0v) is 6.91. The standard InChI is InChI=1S/C5H5BrO2S/c6-5(4(7)8)2-1-3-9-5/h1,3H,2H2,(H,7,8). The molecule has 0 aromatic heterocycles. The highest BCUT2D eigenvalue weighted by molar-refractivity contribution is 9.12. The Balaban J connectivity index is 2.66. The lowest BCUT2D eigenvalue weighted by Crippen LogP contribution is -2.24. The molecule has 9 heavy (non-hydrogen) atoms. The first-order chi connectivity index (χ1) is 4.15. The van der Waals surface area contributed by atoms with E-state index in [0.717, 1.165) is 0 Å². The van der Waals surface area contributed by atoms with Gasteiger partial charge in [-0.2, -0.15) is 0 Å². The van der Waals surface area contributed by atoms with Gasteiger partial charge < -0.3 is 5.11 Å². The summed E-state index contributed by atoms with van der Waals surface area (Å²) < 4.78 is -0.771. The molecule has 0 aromatic rings. The fourth-order valence-electron chi connectivity index (χ4n) is 0.541. The van der Waals surface area contributed by atoms with Gasteiger partial charge in [0.2, 0.25) is 0 Å². The van der Waals surface area contributed by atoms with E-state index in [1.807, 2.05) is 6.08 Å². The predicted octanol–water partition coefficient (Wildman–Crippen LogP) is 1.81. The molecule has 1 heterocycles. The Kier molecular flexibility index (Phi) is 1.86. The van der Waals surface area contributed by atoms with Crippen LogP contribution < -0.4 is 0 Å². The predicted molar refractivity (Wildman–Crippen MR) is 40.6 cm³/mol. The molecule has 0 saturated heterocycles. The van der Waals surface area contributed by atoms with Crippen molar-refractivity contribution in [3.63, 3.8) is 0 Å². The lowest BCUT2D eigenvalue weighted by Gasteiger charge is -2.12. The minimum absolute atomic E-state index is 0.562. The summed E-state index contributed by atoms with van der Waals surface area (Å²) in [5, 5.41) is 10.4. The highest BCUT2D eigenvalue weighted by atomic mass is 79.9. The average Bonchev–Trinajstić information content (AvgIpc) is 2.16. The Morgan fingerprint density at radius 3 is 2.78 bits per heavy atom. The Morgan fingerprint density at radius 2 is 2.56 bits per heavy atom. The molecular formula is C5H5BrO2S. The molecule has 0 aliphatic carbocycles. The Morgan fingerprint density at radius 1 is 1.89 bits per heavy atom. The second kappa shape index (κ2) is 2.34. The van der Waals surface area contributed by atoms with Gasteiger partial charge in [0.1, 0.15) is 0 Å². The molecule has 1 N–H and O–H groups in total. The van der Waals surface area contributed by atoms with Crippen LogP contribution >= 0.6 is 27.7 Å². The smallest absolute Gasteiger partial charge is 0.331 e. The number of allylic oxidation sites excluding steroid dienone is 1. The SMILES string of the molecule is O=C(O)C1(Br)CC=CS1. The maximum atomic E-state index is 10.4. The first-order valence-corrected chi connectivity index (χ1v) is 4.07. The quantitative estimate of drug-likeness (QED) is 0.669. The molecule has 0 bridgehead atoms. The van der Waals surface area contributed by atoms with Crippen LogP contribution in [-0.4, -0.2) is 14.7 Å². The first-order valence-electron chi connectivity index (χ1n) is 2.40. The molecule has 0 saturated carbocycles. The van der Waals surface area contributed by atoms with E-state index in [0.29, 0.717) is 6.42 Å². The lowest BCUT2D eigenvalue weighted by atomic mass is 10.3. The summed E-state index contributed by atoms with van der Waals surface area (Å²) in [6.45, 7) is 0. The van der Waals surface area contributed by atoms with Crippen molar-refractivity contribution < 1.29 is 9.90 Å². The molecule has 1 unspecified atom stereocenters. The van der Waals surface area contributed by atoms with Crippen molar-refractivity contribution in [2.75, 3.05) is 0 Å². The van der Waals surface area contributed by atoms with Gasteiger partial charge in [-0.3, -0.25) is 0 Å². The van der Waals surface area contributed by atoms with Crippen molar-refractivity contribution in [3.8, 4) is 0 Å². The Hall–Kier alpha value is 0.0400. The zero-order valence-electron chi connectivity index (χ0n) is 4.50. The van der Waals surface area contributed by atoms with E-state index in [2.05, 4.69) is 15.9 Å². The van der Waals surface area contributed by atoms with Crippen LogP contribution in [0.5, 0.6) is 0 Å². The topological polar surface area (TPSA) is 37.3 Å². The van der Waals surface area contributed by atoms with Crippen LogP contribution in [-0.2, 0) is 4.79 Å². The zero-order chi connectivity index (χ0) is 6.91. The minimum atomic E-state index is -0.808. The summed E-state index contributed by atoms with van der Waals surface area (Å²) in [5.74, 6) is -0.808. The Labute approximate surface area is 65.4 Å². The van der Waals surface area contributed by atoms with E-state index in [-0.39, 0.29) is 0 Å². The number of hydrogen-bond donors (Lipinski definition) is 1. The third-order valence-electron chi connectivity index (χ3n) is 1.05. The van der Waals surface area contributed by atoms with E-state index in [1.165, 1.54) is 11.8 Å². The maximum absolute atomic E-state index is 10.4. The molecule has 50 valence electrons. The van der Waals surface area contributed by atoms with Crippen LogP contribution in [0, 0.1) is 0 Å². The largest absolute Gasteiger partial charge is 0.480 e. The summed E-state index contributed by atoms with van der Waals surface area (Å²) in [7, 11) is 0. The van der Waals surface area contributed by atoms with Crippen molar-refractivity contribution in [1.82, 2.24) is 0 Å². The lowest BCUT2D eigenvalue weighted by molar-refractivity contribution is -0.137. The highest BCUT2D eigenvalue weighted by Gasteiger charge is 2.36. The number of carboxylic acid groups (broad SMARTS) is 1. The van der Waals surface area contributed by atoms with Gasteiger partial charge in [-0.15, -0.1) is 11.8 Å². The second-order valence-corrected chi connectivity index (χ2v) is 4.81. The fraction of sp³-hybridized carbons (Fsp3) is 0.400. The van der Waals surface area contributed by atoms with Crippen molar-refractivity contribution in [3.05, 3.63) is 11.5 Å².